The van der Waals surface area contributed by atoms with E-state index in [2.05, 4.69) is 10.6 Å². The van der Waals surface area contributed by atoms with Crippen LogP contribution in [0.5, 0.6) is 5.75 Å². The fourth-order valence-electron chi connectivity index (χ4n) is 3.06. The van der Waals surface area contributed by atoms with Crippen LogP contribution >= 0.6 is 0 Å². The smallest absolute Gasteiger partial charge is 0.237 e. The topological polar surface area (TPSA) is 111 Å². The lowest BCUT2D eigenvalue weighted by Crippen LogP contribution is -2.56. The quantitative estimate of drug-likeness (QED) is 0.478. The van der Waals surface area contributed by atoms with Gasteiger partial charge in [0.05, 0.1) is 38.8 Å². The van der Waals surface area contributed by atoms with E-state index in [1.807, 2.05) is 30.0 Å². The zero-order valence-electron chi connectivity index (χ0n) is 15.2. The lowest BCUT2D eigenvalue weighted by Gasteiger charge is -2.35. The van der Waals surface area contributed by atoms with Crippen molar-refractivity contribution >= 4 is 11.8 Å². The minimum atomic E-state index is -0.716. The minimum Gasteiger partial charge on any atom is -0.496 e. The molecule has 1 fully saturated rings. The van der Waals surface area contributed by atoms with E-state index in [-0.39, 0.29) is 31.4 Å². The Labute approximate surface area is 153 Å². The van der Waals surface area contributed by atoms with Gasteiger partial charge >= 0.3 is 0 Å². The van der Waals surface area contributed by atoms with Crippen molar-refractivity contribution in [2.45, 2.75) is 32.0 Å². The van der Waals surface area contributed by atoms with Crippen LogP contribution in [-0.4, -0.2) is 72.4 Å². The molecule has 0 bridgehead atoms. The van der Waals surface area contributed by atoms with E-state index < -0.39 is 12.1 Å². The number of nitrogens with zero attached hydrogens (tertiary/aromatic N) is 1. The average molecular weight is 365 g/mol. The van der Waals surface area contributed by atoms with Gasteiger partial charge < -0.3 is 25.6 Å². The van der Waals surface area contributed by atoms with Gasteiger partial charge in [0.25, 0.3) is 0 Å². The number of rotatable bonds is 8. The predicted octanol–water partition coefficient (Wildman–Crippen LogP) is -0.836. The number of carbonyl (C=O) groups is 2. The molecule has 26 heavy (non-hydrogen) atoms. The summed E-state index contributed by atoms with van der Waals surface area (Å²) in [4.78, 5) is 26.4. The zero-order valence-corrected chi connectivity index (χ0v) is 15.2. The number of piperazine rings is 1. The molecule has 1 aromatic rings. The minimum absolute atomic E-state index is 0.0303. The Hall–Kier alpha value is -2.16. The number of aliphatic hydroxyl groups excluding tert-OH is 2. The highest BCUT2D eigenvalue weighted by molar-refractivity contribution is 5.88. The first-order valence-electron chi connectivity index (χ1n) is 8.64. The molecule has 8 heteroatoms. The Morgan fingerprint density at radius 1 is 1.42 bits per heavy atom. The van der Waals surface area contributed by atoms with Gasteiger partial charge in [-0.05, 0) is 24.1 Å². The van der Waals surface area contributed by atoms with Gasteiger partial charge in [0.15, 0.2) is 0 Å². The number of hydrogen-bond donors (Lipinski definition) is 4. The molecule has 144 valence electrons. The van der Waals surface area contributed by atoms with Crippen LogP contribution in [0.2, 0.25) is 0 Å². The summed E-state index contributed by atoms with van der Waals surface area (Å²) >= 11 is 0. The molecular weight excluding hydrogens is 338 g/mol. The Balaban J connectivity index is 2.06. The second kappa shape index (κ2) is 9.51. The van der Waals surface area contributed by atoms with Crippen LogP contribution in [0.25, 0.3) is 0 Å². The number of ether oxygens (including phenoxy) is 1. The van der Waals surface area contributed by atoms with Gasteiger partial charge in [-0.1, -0.05) is 12.1 Å². The third-order valence-electron chi connectivity index (χ3n) is 4.47. The van der Waals surface area contributed by atoms with E-state index in [9.17, 15) is 9.59 Å². The molecule has 2 amide bonds. The van der Waals surface area contributed by atoms with Gasteiger partial charge in [0.2, 0.25) is 11.8 Å². The molecule has 1 aromatic carbocycles. The number of nitrogens with one attached hydrogen (secondary N) is 2. The molecular formula is C18H27N3O5. The van der Waals surface area contributed by atoms with Crippen LogP contribution in [0, 0.1) is 6.92 Å². The second-order valence-corrected chi connectivity index (χ2v) is 6.41. The second-order valence-electron chi connectivity index (χ2n) is 6.41. The number of aryl methyl sites for hydroxylation is 1. The third kappa shape index (κ3) is 5.17. The first-order chi connectivity index (χ1) is 12.5. The lowest BCUT2D eigenvalue weighted by molar-refractivity contribution is -0.134. The first-order valence-corrected chi connectivity index (χ1v) is 8.64. The fraction of sp³-hybridized carbons (Fsp3) is 0.556. The Kier molecular flexibility index (Phi) is 7.38. The van der Waals surface area contributed by atoms with Crippen LogP contribution in [0.1, 0.15) is 17.5 Å². The summed E-state index contributed by atoms with van der Waals surface area (Å²) in [5.74, 6) is 0.234. The number of benzene rings is 1. The Bertz CT molecular complexity index is 633. The van der Waals surface area contributed by atoms with Crippen LogP contribution in [0.4, 0.5) is 0 Å². The Morgan fingerprint density at radius 3 is 2.77 bits per heavy atom. The van der Waals surface area contributed by atoms with Crippen LogP contribution in [0.3, 0.4) is 0 Å². The normalized spacial score (nSPS) is 17.9. The monoisotopic (exact) mass is 365 g/mol. The van der Waals surface area contributed by atoms with E-state index in [0.29, 0.717) is 19.6 Å². The number of amides is 2. The summed E-state index contributed by atoms with van der Waals surface area (Å²) < 4.78 is 5.27. The average Bonchev–Trinajstić information content (AvgIpc) is 2.62. The fourth-order valence-corrected chi connectivity index (χ4v) is 3.06. The highest BCUT2D eigenvalue weighted by Crippen LogP contribution is 2.21. The van der Waals surface area contributed by atoms with E-state index in [0.717, 1.165) is 16.9 Å². The van der Waals surface area contributed by atoms with Crippen LogP contribution < -0.4 is 15.4 Å². The van der Waals surface area contributed by atoms with Crippen molar-refractivity contribution in [3.05, 3.63) is 29.3 Å². The lowest BCUT2D eigenvalue weighted by atomic mass is 10.0. The molecule has 1 aliphatic heterocycles. The van der Waals surface area contributed by atoms with E-state index in [1.54, 1.807) is 7.11 Å². The summed E-state index contributed by atoms with van der Waals surface area (Å²) in [6.07, 6.45) is -0.0303. The van der Waals surface area contributed by atoms with Gasteiger partial charge in [-0.2, -0.15) is 0 Å². The molecule has 2 rings (SSSR count). The SMILES string of the molecule is COc1ccc(CN2CCNC(=O)C2CC(=O)NC(CO)CO)cc1C. The number of aliphatic hydroxyl groups is 2. The largest absolute Gasteiger partial charge is 0.496 e. The molecule has 4 N–H and O–H groups in total. The van der Waals surface area contributed by atoms with Crippen molar-refractivity contribution in [2.24, 2.45) is 0 Å². The number of carbonyl (C=O) groups excluding carboxylic acids is 2. The van der Waals surface area contributed by atoms with Gasteiger partial charge in [-0.25, -0.2) is 0 Å². The standard InChI is InChI=1S/C18H27N3O5/c1-12-7-13(3-4-16(12)26-2)9-21-6-5-19-18(25)15(21)8-17(24)20-14(10-22)11-23/h3-4,7,14-15,22-23H,5-6,8-11H2,1-2H3,(H,19,25)(H,20,24). The van der Waals surface area contributed by atoms with Crippen molar-refractivity contribution in [1.82, 2.24) is 15.5 Å². The number of hydrogen-bond acceptors (Lipinski definition) is 6. The maximum Gasteiger partial charge on any atom is 0.237 e. The maximum absolute atomic E-state index is 12.3. The van der Waals surface area contributed by atoms with Gasteiger partial charge in [-0.15, -0.1) is 0 Å². The van der Waals surface area contributed by atoms with Crippen molar-refractivity contribution < 1.29 is 24.5 Å². The van der Waals surface area contributed by atoms with Gasteiger partial charge in [0, 0.05) is 19.6 Å². The molecule has 0 radical (unpaired) electrons. The van der Waals surface area contributed by atoms with Crippen molar-refractivity contribution in [1.29, 1.82) is 0 Å². The molecule has 0 saturated carbocycles. The molecule has 0 aromatic heterocycles. The summed E-state index contributed by atoms with van der Waals surface area (Å²) in [7, 11) is 1.62. The third-order valence-corrected chi connectivity index (χ3v) is 4.47. The summed E-state index contributed by atoms with van der Waals surface area (Å²) in [6.45, 7) is 2.96. The molecule has 1 unspecified atom stereocenters. The van der Waals surface area contributed by atoms with E-state index in [1.165, 1.54) is 0 Å². The molecule has 1 heterocycles. The van der Waals surface area contributed by atoms with Crippen molar-refractivity contribution in [3.8, 4) is 5.75 Å². The summed E-state index contributed by atoms with van der Waals surface area (Å²) in [5.41, 5.74) is 2.04. The van der Waals surface area contributed by atoms with E-state index in [4.69, 9.17) is 14.9 Å². The number of methoxy groups -OCH3 is 1. The van der Waals surface area contributed by atoms with Crippen molar-refractivity contribution in [3.63, 3.8) is 0 Å². The van der Waals surface area contributed by atoms with E-state index >= 15 is 0 Å². The maximum atomic E-state index is 12.3. The first kappa shape index (κ1) is 20.2. The molecule has 0 aliphatic carbocycles. The highest BCUT2D eigenvalue weighted by atomic mass is 16.5. The summed E-state index contributed by atoms with van der Waals surface area (Å²) in [5, 5.41) is 23.5. The predicted molar refractivity (Wildman–Crippen MR) is 95.7 cm³/mol. The van der Waals surface area contributed by atoms with Gasteiger partial charge in [-0.3, -0.25) is 14.5 Å². The van der Waals surface area contributed by atoms with Crippen molar-refractivity contribution in [2.75, 3.05) is 33.4 Å². The molecule has 8 nitrogen and oxygen atoms in total. The van der Waals surface area contributed by atoms with Crippen LogP contribution in [0.15, 0.2) is 18.2 Å². The van der Waals surface area contributed by atoms with Crippen LogP contribution in [-0.2, 0) is 16.1 Å². The molecule has 0 spiro atoms. The Morgan fingerprint density at radius 2 is 2.15 bits per heavy atom. The summed E-state index contributed by atoms with van der Waals surface area (Å²) in [6, 6.07) is 4.54. The van der Waals surface area contributed by atoms with Gasteiger partial charge in [0.1, 0.15) is 5.75 Å². The zero-order chi connectivity index (χ0) is 19.1. The highest BCUT2D eigenvalue weighted by Gasteiger charge is 2.32. The molecule has 1 saturated heterocycles. The molecule has 1 aliphatic rings. The molecule has 1 atom stereocenters.